The molecule has 1 heterocycles. The van der Waals surface area contributed by atoms with E-state index in [1.54, 1.807) is 20.4 Å². The van der Waals surface area contributed by atoms with Gasteiger partial charge in [-0.1, -0.05) is 0 Å². The van der Waals surface area contributed by atoms with E-state index in [0.29, 0.717) is 13.2 Å². The Balaban J connectivity index is 2.05. The number of nitrogens with one attached hydrogen (secondary N) is 1. The molecule has 0 aliphatic rings. The monoisotopic (exact) mass is 240 g/mol. The van der Waals surface area contributed by atoms with Gasteiger partial charge in [0.25, 0.3) is 0 Å². The summed E-state index contributed by atoms with van der Waals surface area (Å²) >= 11 is 0. The van der Waals surface area contributed by atoms with Crippen molar-refractivity contribution in [1.82, 2.24) is 4.98 Å². The molecule has 1 N–H and O–H groups in total. The van der Waals surface area contributed by atoms with Crippen LogP contribution in [0, 0.1) is 0 Å². The van der Waals surface area contributed by atoms with Crippen LogP contribution in [0.2, 0.25) is 0 Å². The lowest BCUT2D eigenvalue weighted by atomic mass is 10.4. The molecule has 0 atom stereocenters. The number of nitrogens with zero attached hydrogens (tertiary/aromatic N) is 1. The van der Waals surface area contributed by atoms with E-state index in [9.17, 15) is 0 Å². The summed E-state index contributed by atoms with van der Waals surface area (Å²) in [6, 6.07) is 3.77. The van der Waals surface area contributed by atoms with Crippen LogP contribution in [0.3, 0.4) is 0 Å². The first kappa shape index (κ1) is 13.7. The molecule has 1 aromatic heterocycles. The third kappa shape index (κ3) is 6.09. The highest BCUT2D eigenvalue weighted by atomic mass is 16.5. The molecule has 96 valence electrons. The summed E-state index contributed by atoms with van der Waals surface area (Å²) in [6.07, 6.45) is 2.63. The van der Waals surface area contributed by atoms with Crippen LogP contribution in [0.25, 0.3) is 0 Å². The summed E-state index contributed by atoms with van der Waals surface area (Å²) in [6.45, 7) is 2.86. The summed E-state index contributed by atoms with van der Waals surface area (Å²) in [4.78, 5) is 4.20. The van der Waals surface area contributed by atoms with Crippen LogP contribution in [-0.2, 0) is 9.47 Å². The second-order valence-corrected chi connectivity index (χ2v) is 3.47. The third-order valence-corrected chi connectivity index (χ3v) is 2.18. The van der Waals surface area contributed by atoms with Gasteiger partial charge in [0.05, 0.1) is 26.5 Å². The van der Waals surface area contributed by atoms with Gasteiger partial charge in [0, 0.05) is 20.3 Å². The molecular weight excluding hydrogens is 220 g/mol. The zero-order chi connectivity index (χ0) is 12.3. The maximum Gasteiger partial charge on any atom is 0.137 e. The lowest BCUT2D eigenvalue weighted by Crippen LogP contribution is -2.09. The predicted octanol–water partition coefficient (Wildman–Crippen LogP) is 1.56. The van der Waals surface area contributed by atoms with E-state index < -0.39 is 0 Å². The van der Waals surface area contributed by atoms with Gasteiger partial charge >= 0.3 is 0 Å². The van der Waals surface area contributed by atoms with Crippen molar-refractivity contribution in [1.29, 1.82) is 0 Å². The van der Waals surface area contributed by atoms with Crippen molar-refractivity contribution < 1.29 is 14.2 Å². The van der Waals surface area contributed by atoms with E-state index in [2.05, 4.69) is 10.3 Å². The lowest BCUT2D eigenvalue weighted by Gasteiger charge is -2.06. The lowest BCUT2D eigenvalue weighted by molar-refractivity contribution is 0.0705. The molecule has 0 bridgehead atoms. The zero-order valence-corrected chi connectivity index (χ0v) is 10.4. The van der Waals surface area contributed by atoms with Crippen molar-refractivity contribution >= 4 is 5.82 Å². The Labute approximate surface area is 102 Å². The molecule has 0 saturated carbocycles. The van der Waals surface area contributed by atoms with Crippen LogP contribution in [-0.4, -0.2) is 45.6 Å². The minimum atomic E-state index is 0.646. The molecule has 0 spiro atoms. The van der Waals surface area contributed by atoms with Gasteiger partial charge in [-0.3, -0.25) is 0 Å². The largest absolute Gasteiger partial charge is 0.495 e. The van der Waals surface area contributed by atoms with E-state index in [1.165, 1.54) is 0 Å². The second-order valence-electron chi connectivity index (χ2n) is 3.47. The number of ether oxygens (including phenoxy) is 3. The maximum absolute atomic E-state index is 5.34. The Morgan fingerprint density at radius 2 is 2.06 bits per heavy atom. The maximum atomic E-state index is 5.34. The van der Waals surface area contributed by atoms with E-state index in [-0.39, 0.29) is 0 Å². The summed E-state index contributed by atoms with van der Waals surface area (Å²) in [7, 11) is 3.29. The van der Waals surface area contributed by atoms with Gasteiger partial charge in [0.15, 0.2) is 0 Å². The minimum absolute atomic E-state index is 0.646. The Kier molecular flexibility index (Phi) is 7.09. The standard InChI is InChI=1S/C12H20N2O3/c1-15-8-9-17-7-3-6-13-12-5-4-11(16-2)10-14-12/h4-5,10H,3,6-9H2,1-2H3,(H,13,14). The number of pyridine rings is 1. The van der Waals surface area contributed by atoms with Crippen molar-refractivity contribution in [3.63, 3.8) is 0 Å². The van der Waals surface area contributed by atoms with Crippen molar-refractivity contribution in [2.24, 2.45) is 0 Å². The number of methoxy groups -OCH3 is 2. The summed E-state index contributed by atoms with van der Waals surface area (Å²) < 4.78 is 15.2. The number of hydrogen-bond acceptors (Lipinski definition) is 5. The molecule has 17 heavy (non-hydrogen) atoms. The highest BCUT2D eigenvalue weighted by Gasteiger charge is 1.95. The average molecular weight is 240 g/mol. The number of rotatable bonds is 9. The van der Waals surface area contributed by atoms with Crippen LogP contribution in [0.4, 0.5) is 5.82 Å². The van der Waals surface area contributed by atoms with Crippen molar-refractivity contribution in [3.05, 3.63) is 18.3 Å². The Morgan fingerprint density at radius 1 is 1.18 bits per heavy atom. The average Bonchev–Trinajstić information content (AvgIpc) is 2.38. The quantitative estimate of drug-likeness (QED) is 0.664. The topological polar surface area (TPSA) is 52.6 Å². The molecule has 1 aromatic rings. The van der Waals surface area contributed by atoms with Crippen molar-refractivity contribution in [2.75, 3.05) is 45.9 Å². The fraction of sp³-hybridized carbons (Fsp3) is 0.583. The van der Waals surface area contributed by atoms with Gasteiger partial charge in [-0.2, -0.15) is 0 Å². The molecule has 0 saturated heterocycles. The van der Waals surface area contributed by atoms with Crippen molar-refractivity contribution in [2.45, 2.75) is 6.42 Å². The molecule has 0 fully saturated rings. The Hall–Kier alpha value is -1.33. The zero-order valence-electron chi connectivity index (χ0n) is 10.4. The normalized spacial score (nSPS) is 10.2. The van der Waals surface area contributed by atoms with Crippen LogP contribution in [0.15, 0.2) is 18.3 Å². The molecule has 0 aromatic carbocycles. The molecule has 1 rings (SSSR count). The molecule has 0 amide bonds. The predicted molar refractivity (Wildman–Crippen MR) is 66.6 cm³/mol. The molecule has 0 unspecified atom stereocenters. The van der Waals surface area contributed by atoms with E-state index >= 15 is 0 Å². The molecular formula is C12H20N2O3. The number of hydrogen-bond donors (Lipinski definition) is 1. The molecule has 0 aliphatic carbocycles. The van der Waals surface area contributed by atoms with Crippen molar-refractivity contribution in [3.8, 4) is 5.75 Å². The van der Waals surface area contributed by atoms with Crippen LogP contribution >= 0.6 is 0 Å². The minimum Gasteiger partial charge on any atom is -0.495 e. The Morgan fingerprint density at radius 3 is 2.71 bits per heavy atom. The first-order valence-corrected chi connectivity index (χ1v) is 5.67. The molecule has 5 heteroatoms. The van der Waals surface area contributed by atoms with E-state index in [0.717, 1.165) is 31.1 Å². The summed E-state index contributed by atoms with van der Waals surface area (Å²) in [5.41, 5.74) is 0. The Bertz CT molecular complexity index is 290. The third-order valence-electron chi connectivity index (χ3n) is 2.18. The summed E-state index contributed by atoms with van der Waals surface area (Å²) in [5.74, 6) is 1.61. The summed E-state index contributed by atoms with van der Waals surface area (Å²) in [5, 5.41) is 3.21. The first-order chi connectivity index (χ1) is 8.36. The fourth-order valence-corrected chi connectivity index (χ4v) is 1.24. The van der Waals surface area contributed by atoms with Gasteiger partial charge < -0.3 is 19.5 Å². The number of aromatic nitrogens is 1. The van der Waals surface area contributed by atoms with E-state index in [4.69, 9.17) is 14.2 Å². The van der Waals surface area contributed by atoms with Gasteiger partial charge in [-0.15, -0.1) is 0 Å². The molecule has 0 aliphatic heterocycles. The highest BCUT2D eigenvalue weighted by Crippen LogP contribution is 2.10. The van der Waals surface area contributed by atoms with Gasteiger partial charge in [0.1, 0.15) is 11.6 Å². The highest BCUT2D eigenvalue weighted by molar-refractivity contribution is 5.37. The number of anilines is 1. The second kappa shape index (κ2) is 8.78. The smallest absolute Gasteiger partial charge is 0.137 e. The SMILES string of the molecule is COCCOCCCNc1ccc(OC)cn1. The van der Waals surface area contributed by atoms with Gasteiger partial charge in [0.2, 0.25) is 0 Å². The first-order valence-electron chi connectivity index (χ1n) is 5.67. The van der Waals surface area contributed by atoms with Gasteiger partial charge in [-0.05, 0) is 18.6 Å². The van der Waals surface area contributed by atoms with Crippen LogP contribution in [0.5, 0.6) is 5.75 Å². The van der Waals surface area contributed by atoms with E-state index in [1.807, 2.05) is 12.1 Å². The van der Waals surface area contributed by atoms with Crippen LogP contribution < -0.4 is 10.1 Å². The fourth-order valence-electron chi connectivity index (χ4n) is 1.24. The van der Waals surface area contributed by atoms with Crippen LogP contribution in [0.1, 0.15) is 6.42 Å². The molecule has 0 radical (unpaired) electrons. The molecule has 5 nitrogen and oxygen atoms in total. The van der Waals surface area contributed by atoms with Gasteiger partial charge in [-0.25, -0.2) is 4.98 Å².